The monoisotopic (exact) mass is 329 g/mol. The van der Waals surface area contributed by atoms with Crippen LogP contribution in [0.5, 0.6) is 0 Å². The molecule has 0 unspecified atom stereocenters. The minimum absolute atomic E-state index is 0.0163. The van der Waals surface area contributed by atoms with Crippen LogP contribution < -0.4 is 0 Å². The second kappa shape index (κ2) is 7.06. The normalized spacial score (nSPS) is 28.0. The van der Waals surface area contributed by atoms with E-state index >= 15 is 0 Å². The van der Waals surface area contributed by atoms with Crippen molar-refractivity contribution < 1.29 is 14.3 Å². The van der Waals surface area contributed by atoms with Crippen LogP contribution in [-0.2, 0) is 19.7 Å². The van der Waals surface area contributed by atoms with Crippen molar-refractivity contribution in [3.8, 4) is 0 Å². The fraction of sp³-hybridized carbons (Fsp3) is 0.600. The maximum Gasteiger partial charge on any atom is 0.229 e. The van der Waals surface area contributed by atoms with E-state index in [1.54, 1.807) is 0 Å². The van der Waals surface area contributed by atoms with Crippen LogP contribution in [0.1, 0.15) is 51.5 Å². The lowest BCUT2D eigenvalue weighted by molar-refractivity contribution is -0.138. The largest absolute Gasteiger partial charge is 0.378 e. The lowest BCUT2D eigenvalue weighted by Gasteiger charge is -2.43. The van der Waals surface area contributed by atoms with E-state index in [0.717, 1.165) is 25.9 Å². The van der Waals surface area contributed by atoms with Gasteiger partial charge in [0.2, 0.25) is 11.8 Å². The molecule has 0 aromatic heterocycles. The minimum Gasteiger partial charge on any atom is -0.378 e. The molecule has 2 fully saturated rings. The van der Waals surface area contributed by atoms with E-state index in [0.29, 0.717) is 25.3 Å². The number of nitrogens with zero attached hydrogens (tertiary/aromatic N) is 1. The average Bonchev–Trinajstić information content (AvgIpc) is 2.92. The Balaban J connectivity index is 1.82. The Bertz CT molecular complexity index is 582. The van der Waals surface area contributed by atoms with Crippen LogP contribution in [0.4, 0.5) is 0 Å². The van der Waals surface area contributed by atoms with Crippen molar-refractivity contribution in [2.24, 2.45) is 5.92 Å². The topological polar surface area (TPSA) is 46.6 Å². The lowest BCUT2D eigenvalue weighted by Crippen LogP contribution is -2.43. The summed E-state index contributed by atoms with van der Waals surface area (Å²) >= 11 is 0. The molecule has 0 radical (unpaired) electrons. The fourth-order valence-corrected chi connectivity index (χ4v) is 4.00. The number of hydrogen-bond donors (Lipinski definition) is 0. The van der Waals surface area contributed by atoms with Gasteiger partial charge in [-0.2, -0.15) is 0 Å². The van der Waals surface area contributed by atoms with Crippen LogP contribution >= 0.6 is 0 Å². The number of carbonyl (C=O) groups excluding carboxylic acids is 2. The van der Waals surface area contributed by atoms with E-state index < -0.39 is 0 Å². The first kappa shape index (κ1) is 17.2. The Hall–Kier alpha value is -1.68. The molecule has 2 amide bonds. The molecule has 4 nitrogen and oxygen atoms in total. The van der Waals surface area contributed by atoms with Gasteiger partial charge in [0.05, 0.1) is 6.10 Å². The summed E-state index contributed by atoms with van der Waals surface area (Å²) in [5.74, 6) is 0.426. The van der Waals surface area contributed by atoms with Gasteiger partial charge in [0.1, 0.15) is 0 Å². The molecule has 0 N–H and O–H groups in total. The first-order valence-electron chi connectivity index (χ1n) is 9.02. The van der Waals surface area contributed by atoms with Crippen molar-refractivity contribution in [1.29, 1.82) is 0 Å². The van der Waals surface area contributed by atoms with Crippen LogP contribution in [-0.4, -0.2) is 36.0 Å². The highest BCUT2D eigenvalue weighted by molar-refractivity contribution is 6.01. The van der Waals surface area contributed by atoms with Crippen LogP contribution in [0.25, 0.3) is 0 Å². The number of amides is 2. The van der Waals surface area contributed by atoms with Gasteiger partial charge in [0, 0.05) is 31.4 Å². The molecule has 2 heterocycles. The summed E-state index contributed by atoms with van der Waals surface area (Å²) in [5.41, 5.74) is 1.29. The number of likely N-dealkylation sites (tertiary alicyclic amines) is 1. The van der Waals surface area contributed by atoms with Gasteiger partial charge >= 0.3 is 0 Å². The molecule has 4 heteroatoms. The molecule has 2 atom stereocenters. The van der Waals surface area contributed by atoms with Gasteiger partial charge in [-0.3, -0.25) is 14.5 Å². The van der Waals surface area contributed by atoms with Gasteiger partial charge in [0.15, 0.2) is 0 Å². The third-order valence-electron chi connectivity index (χ3n) is 5.60. The summed E-state index contributed by atoms with van der Waals surface area (Å²) in [6.45, 7) is 5.65. The quantitative estimate of drug-likeness (QED) is 0.779. The molecule has 130 valence electrons. The van der Waals surface area contributed by atoms with Crippen molar-refractivity contribution in [3.63, 3.8) is 0 Å². The summed E-state index contributed by atoms with van der Waals surface area (Å²) in [7, 11) is 0. The van der Waals surface area contributed by atoms with Gasteiger partial charge < -0.3 is 4.74 Å². The fourth-order valence-electron chi connectivity index (χ4n) is 4.00. The molecule has 1 aromatic rings. The highest BCUT2D eigenvalue weighted by Gasteiger charge is 2.40. The number of rotatable bonds is 5. The number of benzene rings is 1. The van der Waals surface area contributed by atoms with Crippen molar-refractivity contribution in [3.05, 3.63) is 35.9 Å². The zero-order valence-electron chi connectivity index (χ0n) is 14.7. The van der Waals surface area contributed by atoms with E-state index in [2.05, 4.69) is 38.1 Å². The van der Waals surface area contributed by atoms with Crippen molar-refractivity contribution in [2.75, 3.05) is 13.2 Å². The van der Waals surface area contributed by atoms with Gasteiger partial charge in [-0.15, -0.1) is 0 Å². The molecule has 24 heavy (non-hydrogen) atoms. The van der Waals surface area contributed by atoms with E-state index in [4.69, 9.17) is 4.74 Å². The number of imide groups is 1. The molecular formula is C20H27NO3. The SMILES string of the molecule is CC(C)[C@@H]1C[C@@](CCN2C(=O)CCC2=O)(c2ccccc2)CCO1. The summed E-state index contributed by atoms with van der Waals surface area (Å²) in [5, 5.41) is 0. The van der Waals surface area contributed by atoms with E-state index in [1.165, 1.54) is 10.5 Å². The Labute approximate surface area is 144 Å². The number of hydrogen-bond acceptors (Lipinski definition) is 3. The highest BCUT2D eigenvalue weighted by atomic mass is 16.5. The van der Waals surface area contributed by atoms with E-state index in [9.17, 15) is 9.59 Å². The first-order valence-corrected chi connectivity index (χ1v) is 9.02. The zero-order chi connectivity index (χ0) is 17.2. The number of carbonyl (C=O) groups is 2. The van der Waals surface area contributed by atoms with Crippen molar-refractivity contribution in [1.82, 2.24) is 4.90 Å². The molecule has 2 saturated heterocycles. The average molecular weight is 329 g/mol. The smallest absolute Gasteiger partial charge is 0.229 e. The van der Waals surface area contributed by atoms with Crippen LogP contribution in [0, 0.1) is 5.92 Å². The lowest BCUT2D eigenvalue weighted by atomic mass is 9.68. The van der Waals surface area contributed by atoms with Gasteiger partial charge in [0.25, 0.3) is 0 Å². The summed E-state index contributed by atoms with van der Waals surface area (Å²) < 4.78 is 5.98. The van der Waals surface area contributed by atoms with Crippen LogP contribution in [0.2, 0.25) is 0 Å². The molecular weight excluding hydrogens is 302 g/mol. The summed E-state index contributed by atoms with van der Waals surface area (Å²) in [6.07, 6.45) is 3.68. The van der Waals surface area contributed by atoms with Gasteiger partial charge in [-0.1, -0.05) is 44.2 Å². The minimum atomic E-state index is -0.0179. The standard InChI is InChI=1S/C20H27NO3/c1-15(2)17-14-20(11-13-24-17,16-6-4-3-5-7-16)10-12-21-18(22)8-9-19(21)23/h3-7,15,17H,8-14H2,1-2H3/t17-,20-/m0/s1. The second-order valence-corrected chi connectivity index (χ2v) is 7.44. The third-order valence-corrected chi connectivity index (χ3v) is 5.60. The van der Waals surface area contributed by atoms with Crippen LogP contribution in [0.15, 0.2) is 30.3 Å². The predicted molar refractivity (Wildman–Crippen MR) is 92.5 cm³/mol. The highest BCUT2D eigenvalue weighted by Crippen LogP contribution is 2.42. The Kier molecular flexibility index (Phi) is 5.04. The van der Waals surface area contributed by atoms with Crippen molar-refractivity contribution in [2.45, 2.75) is 57.5 Å². The maximum atomic E-state index is 12.0. The molecule has 0 bridgehead atoms. The zero-order valence-corrected chi connectivity index (χ0v) is 14.7. The Morgan fingerprint density at radius 1 is 1.17 bits per heavy atom. The first-order chi connectivity index (χ1) is 11.5. The van der Waals surface area contributed by atoms with E-state index in [-0.39, 0.29) is 23.3 Å². The summed E-state index contributed by atoms with van der Waals surface area (Å²) in [4.78, 5) is 25.4. The Morgan fingerprint density at radius 3 is 2.46 bits per heavy atom. The molecule has 3 rings (SSSR count). The molecule has 0 saturated carbocycles. The van der Waals surface area contributed by atoms with Gasteiger partial charge in [-0.05, 0) is 30.7 Å². The molecule has 0 aliphatic carbocycles. The number of ether oxygens (including phenoxy) is 1. The van der Waals surface area contributed by atoms with Crippen LogP contribution in [0.3, 0.4) is 0 Å². The summed E-state index contributed by atoms with van der Waals surface area (Å²) in [6, 6.07) is 10.5. The molecule has 2 aliphatic rings. The molecule has 1 aromatic carbocycles. The van der Waals surface area contributed by atoms with E-state index in [1.807, 2.05) is 6.07 Å². The Morgan fingerprint density at radius 2 is 1.83 bits per heavy atom. The maximum absolute atomic E-state index is 12.0. The second-order valence-electron chi connectivity index (χ2n) is 7.44. The van der Waals surface area contributed by atoms with Gasteiger partial charge in [-0.25, -0.2) is 0 Å². The third kappa shape index (κ3) is 3.39. The molecule has 2 aliphatic heterocycles. The molecule has 0 spiro atoms. The van der Waals surface area contributed by atoms with Crippen molar-refractivity contribution >= 4 is 11.8 Å². The predicted octanol–water partition coefficient (Wildman–Crippen LogP) is 3.30.